The van der Waals surface area contributed by atoms with Gasteiger partial charge in [0.2, 0.25) is 5.79 Å². The summed E-state index contributed by atoms with van der Waals surface area (Å²) in [6, 6.07) is 0. The molecule has 5 heterocycles. The summed E-state index contributed by atoms with van der Waals surface area (Å²) < 4.78 is 33.4. The van der Waals surface area contributed by atoms with Crippen LogP contribution in [0.2, 0.25) is 0 Å². The van der Waals surface area contributed by atoms with Crippen molar-refractivity contribution >= 4 is 11.8 Å². The van der Waals surface area contributed by atoms with E-state index in [0.717, 1.165) is 6.42 Å². The molecule has 11 nitrogen and oxygen atoms in total. The lowest BCUT2D eigenvalue weighted by molar-refractivity contribution is -0.409. The molecule has 0 aromatic rings. The van der Waals surface area contributed by atoms with Crippen molar-refractivity contribution in [3.05, 3.63) is 12.2 Å². The quantitative estimate of drug-likeness (QED) is 0.234. The normalized spacial score (nSPS) is 46.2. The van der Waals surface area contributed by atoms with E-state index in [1.165, 1.54) is 0 Å². The second kappa shape index (κ2) is 16.2. The van der Waals surface area contributed by atoms with Crippen molar-refractivity contribution in [2.45, 2.75) is 199 Å². The Morgan fingerprint density at radius 1 is 0.906 bits per heavy atom. The lowest BCUT2D eigenvalue weighted by atomic mass is 9.72. The van der Waals surface area contributed by atoms with Gasteiger partial charge >= 0.3 is 0 Å². The maximum absolute atomic E-state index is 14.4. The van der Waals surface area contributed by atoms with E-state index in [4.69, 9.17) is 23.7 Å². The molecule has 0 radical (unpaired) electrons. The number of aliphatic carboxylic acids is 1. The van der Waals surface area contributed by atoms with Crippen molar-refractivity contribution in [2.24, 2.45) is 41.4 Å². The zero-order valence-corrected chi connectivity index (χ0v) is 33.9. The third-order valence-electron chi connectivity index (χ3n) is 14.4. The SMILES string of the molecule is CC[C@@H](C(=O)[C@@H](C)[C@@H](O)[C@H](C)[C@@H]1O[C@@H]([C@@H](CC)C(=O)[O-])CC[C@@H]1C)[C@H]1OC2(C=C[C@@H](O)[C@]3(CC[C@@](C)([C@H]4CC[C@](O)(CC)[C@H](C)O4)O3)O2)[C@H](C)C[C@@H]1C. The highest BCUT2D eigenvalue weighted by Gasteiger charge is 2.63. The molecule has 0 aromatic carbocycles. The second-order valence-corrected chi connectivity index (χ2v) is 17.9. The van der Waals surface area contributed by atoms with E-state index >= 15 is 0 Å². The Bertz CT molecular complexity index is 1320. The van der Waals surface area contributed by atoms with E-state index < -0.39 is 82.9 Å². The molecule has 1 unspecified atom stereocenters. The molecule has 4 fully saturated rings. The van der Waals surface area contributed by atoms with Crippen LogP contribution in [0.1, 0.15) is 133 Å². The van der Waals surface area contributed by atoms with Crippen molar-refractivity contribution in [3.63, 3.8) is 0 Å². The second-order valence-electron chi connectivity index (χ2n) is 17.9. The van der Waals surface area contributed by atoms with Gasteiger partial charge in [0.05, 0.1) is 47.8 Å². The third-order valence-corrected chi connectivity index (χ3v) is 14.4. The molecule has 2 spiro atoms. The van der Waals surface area contributed by atoms with Gasteiger partial charge in [0, 0.05) is 42.0 Å². The van der Waals surface area contributed by atoms with Gasteiger partial charge in [-0.2, -0.15) is 0 Å². The van der Waals surface area contributed by atoms with Crippen LogP contribution in [0, 0.1) is 41.4 Å². The summed E-state index contributed by atoms with van der Waals surface area (Å²) in [5.41, 5.74) is -1.64. The number of carboxylic acids is 1. The fourth-order valence-electron chi connectivity index (χ4n) is 10.5. The number of ketones is 1. The van der Waals surface area contributed by atoms with Crippen molar-refractivity contribution in [1.82, 2.24) is 0 Å². The van der Waals surface area contributed by atoms with Gasteiger partial charge in [-0.15, -0.1) is 0 Å². The fourth-order valence-corrected chi connectivity index (χ4v) is 10.5. The zero-order valence-electron chi connectivity index (χ0n) is 33.9. The van der Waals surface area contributed by atoms with Gasteiger partial charge in [0.15, 0.2) is 5.79 Å². The highest BCUT2D eigenvalue weighted by molar-refractivity contribution is 5.84. The largest absolute Gasteiger partial charge is 0.550 e. The van der Waals surface area contributed by atoms with Gasteiger partial charge in [-0.3, -0.25) is 4.79 Å². The Labute approximate surface area is 317 Å². The summed E-state index contributed by atoms with van der Waals surface area (Å²) in [5, 5.41) is 46.0. The van der Waals surface area contributed by atoms with Crippen molar-refractivity contribution in [2.75, 3.05) is 0 Å². The maximum atomic E-state index is 14.4. The first kappa shape index (κ1) is 42.7. The van der Waals surface area contributed by atoms with Crippen LogP contribution in [-0.2, 0) is 33.3 Å². The Morgan fingerprint density at radius 2 is 1.58 bits per heavy atom. The number of carbonyl (C=O) groups excluding carboxylic acids is 2. The van der Waals surface area contributed by atoms with Crippen LogP contribution in [0.5, 0.6) is 0 Å². The molecule has 5 aliphatic rings. The van der Waals surface area contributed by atoms with E-state index in [0.29, 0.717) is 57.8 Å². The number of aliphatic hydroxyl groups is 3. The Hall–Kier alpha value is -1.44. The molecule has 0 saturated carbocycles. The topological polar surface area (TPSA) is 164 Å². The molecule has 4 saturated heterocycles. The van der Waals surface area contributed by atoms with Crippen molar-refractivity contribution < 1.29 is 53.7 Å². The summed E-state index contributed by atoms with van der Waals surface area (Å²) in [4.78, 5) is 26.2. The predicted octanol–water partition coefficient (Wildman–Crippen LogP) is 4.85. The van der Waals surface area contributed by atoms with E-state index in [2.05, 4.69) is 20.8 Å². The molecule has 5 aliphatic heterocycles. The smallest absolute Gasteiger partial charge is 0.202 e. The molecular formula is C42H69O11-. The Kier molecular flexibility index (Phi) is 13.0. The number of hydrogen-bond acceptors (Lipinski definition) is 11. The minimum Gasteiger partial charge on any atom is -0.550 e. The van der Waals surface area contributed by atoms with Crippen LogP contribution in [0.25, 0.3) is 0 Å². The standard InChI is InChI=1S/C42H70O11/c1-11-29(38(46)47)31-15-14-23(4)36(50-31)27(8)34(44)26(7)35(45)30(12-2)37-24(5)22-25(6)41(51-37)19-16-32(43)42(53-41)21-20-39(10,52-42)33-17-18-40(48,13-3)28(9)49-33/h16,19,23-34,36-37,43-44,48H,11-15,17-18,20-22H2,1-10H3,(H,46,47)/p-1/t23-,24-,25+,26-,27-,28-,29+,30-,31+,32+,33+,34+,36+,37-,39-,40+,41?,42-/m0/s1. The summed E-state index contributed by atoms with van der Waals surface area (Å²) >= 11 is 0. The number of carboxylic acid groups (broad SMARTS) is 1. The molecule has 0 aliphatic carbocycles. The molecule has 304 valence electrons. The lowest BCUT2D eigenvalue weighted by Crippen LogP contribution is -2.63. The van der Waals surface area contributed by atoms with Crippen LogP contribution in [0.3, 0.4) is 0 Å². The number of carbonyl (C=O) groups is 2. The van der Waals surface area contributed by atoms with E-state index in [9.17, 15) is 30.0 Å². The first-order valence-corrected chi connectivity index (χ1v) is 20.7. The third kappa shape index (κ3) is 7.94. The summed E-state index contributed by atoms with van der Waals surface area (Å²) in [5.74, 6) is -6.24. The Balaban J connectivity index is 1.31. The minimum atomic E-state index is -1.37. The first-order chi connectivity index (χ1) is 24.8. The lowest BCUT2D eigenvalue weighted by Gasteiger charge is -2.54. The monoisotopic (exact) mass is 749 g/mol. The molecule has 5 rings (SSSR count). The van der Waals surface area contributed by atoms with Gasteiger partial charge in [0.25, 0.3) is 0 Å². The zero-order chi connectivity index (χ0) is 39.3. The van der Waals surface area contributed by atoms with E-state index in [1.54, 1.807) is 19.1 Å². The van der Waals surface area contributed by atoms with Gasteiger partial charge in [-0.1, -0.05) is 55.4 Å². The van der Waals surface area contributed by atoms with Crippen LogP contribution >= 0.6 is 0 Å². The molecule has 11 heteroatoms. The van der Waals surface area contributed by atoms with Crippen LogP contribution < -0.4 is 5.11 Å². The maximum Gasteiger partial charge on any atom is 0.202 e. The average molecular weight is 750 g/mol. The van der Waals surface area contributed by atoms with Gasteiger partial charge in [-0.25, -0.2) is 0 Å². The molecular weight excluding hydrogens is 680 g/mol. The molecule has 53 heavy (non-hydrogen) atoms. The highest BCUT2D eigenvalue weighted by Crippen LogP contribution is 2.54. The molecule has 0 amide bonds. The number of hydrogen-bond donors (Lipinski definition) is 3. The molecule has 18 atom stereocenters. The first-order valence-electron chi connectivity index (χ1n) is 20.7. The van der Waals surface area contributed by atoms with Crippen LogP contribution in [0.15, 0.2) is 12.2 Å². The van der Waals surface area contributed by atoms with Gasteiger partial charge < -0.3 is 48.9 Å². The van der Waals surface area contributed by atoms with Crippen LogP contribution in [-0.4, -0.2) is 92.6 Å². The minimum absolute atomic E-state index is 0.00774. The molecule has 3 N–H and O–H groups in total. The number of aliphatic hydroxyl groups excluding tert-OH is 2. The van der Waals surface area contributed by atoms with Crippen molar-refractivity contribution in [1.29, 1.82) is 0 Å². The van der Waals surface area contributed by atoms with Crippen LogP contribution in [0.4, 0.5) is 0 Å². The number of Topliss-reactive ketones (excluding diaryl/α,β-unsaturated/α-hetero) is 1. The average Bonchev–Trinajstić information content (AvgIpc) is 3.47. The summed E-state index contributed by atoms with van der Waals surface area (Å²) in [7, 11) is 0. The summed E-state index contributed by atoms with van der Waals surface area (Å²) in [6.07, 6.45) is 5.22. The predicted molar refractivity (Wildman–Crippen MR) is 196 cm³/mol. The molecule has 0 bridgehead atoms. The van der Waals surface area contributed by atoms with Crippen molar-refractivity contribution in [3.8, 4) is 0 Å². The molecule has 0 aromatic heterocycles. The van der Waals surface area contributed by atoms with E-state index in [1.807, 2.05) is 41.5 Å². The van der Waals surface area contributed by atoms with E-state index in [-0.39, 0.29) is 35.7 Å². The number of rotatable bonds is 12. The summed E-state index contributed by atoms with van der Waals surface area (Å²) in [6.45, 7) is 19.5. The van der Waals surface area contributed by atoms with Gasteiger partial charge in [-0.05, 0) is 95.6 Å². The highest BCUT2D eigenvalue weighted by atomic mass is 16.8. The number of ether oxygens (including phenoxy) is 5. The van der Waals surface area contributed by atoms with Gasteiger partial charge in [0.1, 0.15) is 11.9 Å². The fraction of sp³-hybridized carbons (Fsp3) is 0.905. The Morgan fingerprint density at radius 3 is 2.19 bits per heavy atom.